The molecule has 1 N–H and O–H groups in total. The van der Waals surface area contributed by atoms with Gasteiger partial charge < -0.3 is 10.2 Å². The highest BCUT2D eigenvalue weighted by Crippen LogP contribution is 2.08. The van der Waals surface area contributed by atoms with Crippen LogP contribution in [0.5, 0.6) is 0 Å². The quantitative estimate of drug-likeness (QED) is 0.747. The number of nitrogens with one attached hydrogen (secondary N) is 1. The van der Waals surface area contributed by atoms with Crippen LogP contribution in [0.4, 0.5) is 0 Å². The van der Waals surface area contributed by atoms with Crippen LogP contribution in [0.3, 0.4) is 0 Å². The Balaban J connectivity index is 2.70. The van der Waals surface area contributed by atoms with E-state index in [9.17, 15) is 4.79 Å². The maximum atomic E-state index is 12.3. The minimum absolute atomic E-state index is 0.0151. The molecule has 0 saturated heterocycles. The van der Waals surface area contributed by atoms with E-state index < -0.39 is 0 Å². The van der Waals surface area contributed by atoms with Crippen LogP contribution in [-0.2, 0) is 11.3 Å². The van der Waals surface area contributed by atoms with Crippen molar-refractivity contribution in [3.8, 4) is 0 Å². The van der Waals surface area contributed by atoms with E-state index in [4.69, 9.17) is 0 Å². The molecule has 1 rings (SSSR count). The lowest BCUT2D eigenvalue weighted by molar-refractivity contribution is -0.134. The van der Waals surface area contributed by atoms with Crippen LogP contribution < -0.4 is 5.32 Å². The zero-order valence-corrected chi connectivity index (χ0v) is 11.2. The minimum Gasteiger partial charge on any atom is -0.334 e. The van der Waals surface area contributed by atoms with Gasteiger partial charge in [0.2, 0.25) is 5.91 Å². The summed E-state index contributed by atoms with van der Waals surface area (Å²) in [4.78, 5) is 14.1. The van der Waals surface area contributed by atoms with Gasteiger partial charge in [0, 0.05) is 25.6 Å². The number of carbonyl (C=O) groups is 1. The molecule has 0 fully saturated rings. The highest BCUT2D eigenvalue weighted by molar-refractivity contribution is 5.78. The van der Waals surface area contributed by atoms with Gasteiger partial charge in [0.1, 0.15) is 0 Å². The third-order valence-electron chi connectivity index (χ3n) is 2.81. The molecule has 0 heterocycles. The molecule has 0 bridgehead atoms. The Kier molecular flexibility index (Phi) is 6.15. The van der Waals surface area contributed by atoms with Crippen LogP contribution in [0.1, 0.15) is 12.5 Å². The predicted molar refractivity (Wildman–Crippen MR) is 75.1 cm³/mol. The maximum absolute atomic E-state index is 12.3. The van der Waals surface area contributed by atoms with Gasteiger partial charge in [-0.1, -0.05) is 43.3 Å². The molecule has 98 valence electrons. The van der Waals surface area contributed by atoms with Crippen molar-refractivity contribution in [3.63, 3.8) is 0 Å². The summed E-state index contributed by atoms with van der Waals surface area (Å²) in [5, 5.41) is 3.04. The molecule has 0 spiro atoms. The first kappa shape index (κ1) is 14.5. The number of hydrogen-bond acceptors (Lipinski definition) is 2. The van der Waals surface area contributed by atoms with Crippen LogP contribution in [-0.4, -0.2) is 30.9 Å². The summed E-state index contributed by atoms with van der Waals surface area (Å²) in [5.41, 5.74) is 1.14. The van der Waals surface area contributed by atoms with Gasteiger partial charge >= 0.3 is 0 Å². The minimum atomic E-state index is -0.0151. The van der Waals surface area contributed by atoms with E-state index in [1.807, 2.05) is 49.2 Å². The molecule has 0 aliphatic rings. The van der Waals surface area contributed by atoms with Crippen molar-refractivity contribution in [1.29, 1.82) is 0 Å². The fourth-order valence-corrected chi connectivity index (χ4v) is 1.90. The fourth-order valence-electron chi connectivity index (χ4n) is 1.90. The van der Waals surface area contributed by atoms with Gasteiger partial charge in [0.05, 0.1) is 0 Å². The van der Waals surface area contributed by atoms with E-state index in [0.29, 0.717) is 19.6 Å². The van der Waals surface area contributed by atoms with E-state index >= 15 is 0 Å². The molecule has 1 amide bonds. The third-order valence-corrected chi connectivity index (χ3v) is 2.81. The molecule has 3 nitrogen and oxygen atoms in total. The molecule has 0 saturated carbocycles. The molecule has 18 heavy (non-hydrogen) atoms. The first-order valence-corrected chi connectivity index (χ1v) is 6.27. The van der Waals surface area contributed by atoms with Crippen LogP contribution >= 0.6 is 0 Å². The zero-order chi connectivity index (χ0) is 13.4. The van der Waals surface area contributed by atoms with Crippen LogP contribution in [0, 0.1) is 5.92 Å². The molecule has 0 aliphatic heterocycles. The Labute approximate surface area is 109 Å². The molecule has 0 radical (unpaired) electrons. The summed E-state index contributed by atoms with van der Waals surface area (Å²) < 4.78 is 0. The van der Waals surface area contributed by atoms with Crippen molar-refractivity contribution in [3.05, 3.63) is 48.6 Å². The molecule has 3 heteroatoms. The Morgan fingerprint density at radius 3 is 2.67 bits per heavy atom. The van der Waals surface area contributed by atoms with E-state index in [1.165, 1.54) is 0 Å². The van der Waals surface area contributed by atoms with Gasteiger partial charge in [-0.25, -0.2) is 0 Å². The van der Waals surface area contributed by atoms with Gasteiger partial charge in [-0.3, -0.25) is 4.79 Å². The topological polar surface area (TPSA) is 32.3 Å². The van der Waals surface area contributed by atoms with Gasteiger partial charge in [0.25, 0.3) is 0 Å². The van der Waals surface area contributed by atoms with E-state index in [-0.39, 0.29) is 11.8 Å². The summed E-state index contributed by atoms with van der Waals surface area (Å²) in [5.74, 6) is 0.145. The SMILES string of the molecule is C=CCN(Cc1ccccc1)C(=O)C(C)CNC. The van der Waals surface area contributed by atoms with Gasteiger partial charge in [-0.15, -0.1) is 6.58 Å². The lowest BCUT2D eigenvalue weighted by Gasteiger charge is -2.24. The van der Waals surface area contributed by atoms with Gasteiger partial charge in [0.15, 0.2) is 0 Å². The van der Waals surface area contributed by atoms with E-state index in [0.717, 1.165) is 5.56 Å². The standard InChI is InChI=1S/C15H22N2O/c1-4-10-17(15(18)13(2)11-16-3)12-14-8-6-5-7-9-14/h4-9,13,16H,1,10-12H2,2-3H3. The highest BCUT2D eigenvalue weighted by atomic mass is 16.2. The van der Waals surface area contributed by atoms with E-state index in [1.54, 1.807) is 6.08 Å². The van der Waals surface area contributed by atoms with Crippen LogP contribution in [0.2, 0.25) is 0 Å². The number of carbonyl (C=O) groups excluding carboxylic acids is 1. The molecule has 1 aromatic carbocycles. The number of benzene rings is 1. The normalized spacial score (nSPS) is 11.9. The number of amides is 1. The monoisotopic (exact) mass is 246 g/mol. The molecule has 0 aromatic heterocycles. The Bertz CT molecular complexity index is 375. The largest absolute Gasteiger partial charge is 0.334 e. The number of rotatable bonds is 7. The summed E-state index contributed by atoms with van der Waals surface area (Å²) in [7, 11) is 1.86. The first-order valence-electron chi connectivity index (χ1n) is 6.27. The second-order valence-corrected chi connectivity index (χ2v) is 4.45. The molecular formula is C15H22N2O. The van der Waals surface area contributed by atoms with Crippen molar-refractivity contribution in [2.75, 3.05) is 20.1 Å². The molecule has 1 unspecified atom stereocenters. The first-order chi connectivity index (χ1) is 8.69. The van der Waals surface area contributed by atoms with E-state index in [2.05, 4.69) is 11.9 Å². The second-order valence-electron chi connectivity index (χ2n) is 4.45. The Morgan fingerprint density at radius 1 is 1.44 bits per heavy atom. The Hall–Kier alpha value is -1.61. The van der Waals surface area contributed by atoms with Crippen molar-refractivity contribution in [1.82, 2.24) is 10.2 Å². The highest BCUT2D eigenvalue weighted by Gasteiger charge is 2.18. The average Bonchev–Trinajstić information content (AvgIpc) is 2.39. The average molecular weight is 246 g/mol. The summed E-state index contributed by atoms with van der Waals surface area (Å²) in [6.45, 7) is 7.58. The van der Waals surface area contributed by atoms with Crippen LogP contribution in [0.15, 0.2) is 43.0 Å². The van der Waals surface area contributed by atoms with Crippen molar-refractivity contribution in [2.45, 2.75) is 13.5 Å². The Morgan fingerprint density at radius 2 is 2.11 bits per heavy atom. The predicted octanol–water partition coefficient (Wildman–Crippen LogP) is 2.06. The smallest absolute Gasteiger partial charge is 0.227 e. The summed E-state index contributed by atoms with van der Waals surface area (Å²) >= 11 is 0. The van der Waals surface area contributed by atoms with Crippen LogP contribution in [0.25, 0.3) is 0 Å². The van der Waals surface area contributed by atoms with Crippen molar-refractivity contribution < 1.29 is 4.79 Å². The summed E-state index contributed by atoms with van der Waals surface area (Å²) in [6, 6.07) is 10.0. The number of nitrogens with zero attached hydrogens (tertiary/aromatic N) is 1. The maximum Gasteiger partial charge on any atom is 0.227 e. The molecule has 1 atom stereocenters. The lowest BCUT2D eigenvalue weighted by atomic mass is 10.1. The third kappa shape index (κ3) is 4.34. The molecule has 1 aromatic rings. The zero-order valence-electron chi connectivity index (χ0n) is 11.2. The van der Waals surface area contributed by atoms with Gasteiger partial charge in [-0.05, 0) is 12.6 Å². The lowest BCUT2D eigenvalue weighted by Crippen LogP contribution is -2.38. The number of hydrogen-bond donors (Lipinski definition) is 1. The van der Waals surface area contributed by atoms with Crippen molar-refractivity contribution >= 4 is 5.91 Å². The summed E-state index contributed by atoms with van der Waals surface area (Å²) in [6.07, 6.45) is 1.77. The molecule has 0 aliphatic carbocycles. The molecular weight excluding hydrogens is 224 g/mol. The fraction of sp³-hybridized carbons (Fsp3) is 0.400. The second kappa shape index (κ2) is 7.67. The van der Waals surface area contributed by atoms with Gasteiger partial charge in [-0.2, -0.15) is 0 Å². The van der Waals surface area contributed by atoms with Crippen molar-refractivity contribution in [2.24, 2.45) is 5.92 Å².